The molecule has 0 aliphatic rings. The van der Waals surface area contributed by atoms with Crippen molar-refractivity contribution in [1.29, 1.82) is 0 Å². The van der Waals surface area contributed by atoms with Gasteiger partial charge in [0, 0.05) is 12.6 Å². The summed E-state index contributed by atoms with van der Waals surface area (Å²) in [7, 11) is 0. The van der Waals surface area contributed by atoms with E-state index >= 15 is 0 Å². The van der Waals surface area contributed by atoms with E-state index in [1.54, 1.807) is 24.3 Å². The van der Waals surface area contributed by atoms with E-state index in [0.29, 0.717) is 12.1 Å². The molecule has 5 nitrogen and oxygen atoms in total. The first kappa shape index (κ1) is 10.0. The SMILES string of the molecule is CC(=O)Nc1ccc(NNC=O)cc1. The Balaban J connectivity index is 2.58. The second-order valence-corrected chi connectivity index (χ2v) is 2.65. The molecule has 0 aliphatic carbocycles. The number of hydrogen-bond donors (Lipinski definition) is 3. The quantitative estimate of drug-likeness (QED) is 0.487. The monoisotopic (exact) mass is 193 g/mol. The maximum absolute atomic E-state index is 10.7. The van der Waals surface area contributed by atoms with Crippen LogP contribution in [0.4, 0.5) is 11.4 Å². The van der Waals surface area contributed by atoms with Crippen LogP contribution in [0.25, 0.3) is 0 Å². The Morgan fingerprint density at radius 1 is 1.21 bits per heavy atom. The molecule has 74 valence electrons. The van der Waals surface area contributed by atoms with Gasteiger partial charge in [-0.3, -0.25) is 20.4 Å². The average Bonchev–Trinajstić information content (AvgIpc) is 2.16. The molecular weight excluding hydrogens is 182 g/mol. The van der Waals surface area contributed by atoms with Crippen LogP contribution >= 0.6 is 0 Å². The zero-order valence-electron chi connectivity index (χ0n) is 7.70. The van der Waals surface area contributed by atoms with E-state index in [1.165, 1.54) is 6.92 Å². The zero-order chi connectivity index (χ0) is 10.4. The van der Waals surface area contributed by atoms with Crippen LogP contribution in [0.2, 0.25) is 0 Å². The molecule has 0 saturated heterocycles. The van der Waals surface area contributed by atoms with E-state index in [9.17, 15) is 9.59 Å². The van der Waals surface area contributed by atoms with Gasteiger partial charge >= 0.3 is 0 Å². The van der Waals surface area contributed by atoms with Gasteiger partial charge in [0.2, 0.25) is 12.3 Å². The number of benzene rings is 1. The number of anilines is 2. The van der Waals surface area contributed by atoms with Gasteiger partial charge in [-0.1, -0.05) is 0 Å². The summed E-state index contributed by atoms with van der Waals surface area (Å²) in [5.74, 6) is -0.114. The fraction of sp³-hybridized carbons (Fsp3) is 0.111. The number of carbonyl (C=O) groups is 2. The van der Waals surface area contributed by atoms with Crippen molar-refractivity contribution in [2.75, 3.05) is 10.7 Å². The van der Waals surface area contributed by atoms with E-state index in [4.69, 9.17) is 0 Å². The average molecular weight is 193 g/mol. The maximum atomic E-state index is 10.7. The molecule has 0 aromatic heterocycles. The molecule has 2 amide bonds. The molecule has 14 heavy (non-hydrogen) atoms. The topological polar surface area (TPSA) is 70.2 Å². The Bertz CT molecular complexity index is 321. The van der Waals surface area contributed by atoms with Gasteiger partial charge in [0.1, 0.15) is 0 Å². The molecule has 1 aromatic carbocycles. The largest absolute Gasteiger partial charge is 0.326 e. The van der Waals surface area contributed by atoms with Crippen molar-refractivity contribution in [3.05, 3.63) is 24.3 Å². The van der Waals surface area contributed by atoms with Gasteiger partial charge in [-0.15, -0.1) is 0 Å². The fourth-order valence-electron chi connectivity index (χ4n) is 0.953. The van der Waals surface area contributed by atoms with Crippen LogP contribution in [0.1, 0.15) is 6.92 Å². The molecule has 5 heteroatoms. The van der Waals surface area contributed by atoms with E-state index in [-0.39, 0.29) is 5.91 Å². The third-order valence-electron chi connectivity index (χ3n) is 1.48. The summed E-state index contributed by atoms with van der Waals surface area (Å²) >= 11 is 0. The van der Waals surface area contributed by atoms with Crippen molar-refractivity contribution < 1.29 is 9.59 Å². The molecule has 3 N–H and O–H groups in total. The normalized spacial score (nSPS) is 8.93. The van der Waals surface area contributed by atoms with Gasteiger partial charge < -0.3 is 5.32 Å². The molecule has 0 aliphatic heterocycles. The summed E-state index contributed by atoms with van der Waals surface area (Å²) in [6.45, 7) is 1.44. The molecule has 0 saturated carbocycles. The Morgan fingerprint density at radius 2 is 1.79 bits per heavy atom. The van der Waals surface area contributed by atoms with E-state index in [1.807, 2.05) is 0 Å². The van der Waals surface area contributed by atoms with Gasteiger partial charge in [0.05, 0.1) is 5.69 Å². The van der Waals surface area contributed by atoms with Crippen LogP contribution in [0.5, 0.6) is 0 Å². The standard InChI is InChI=1S/C9H11N3O2/c1-7(14)11-8-2-4-9(5-3-8)12-10-6-13/h2-6,12H,1H3,(H,10,13)(H,11,14). The molecule has 0 fully saturated rings. The van der Waals surface area contributed by atoms with Crippen molar-refractivity contribution in [1.82, 2.24) is 5.43 Å². The molecule has 1 aromatic rings. The lowest BCUT2D eigenvalue weighted by molar-refractivity contribution is -0.114. The van der Waals surface area contributed by atoms with Crippen LogP contribution in [-0.4, -0.2) is 12.3 Å². The maximum Gasteiger partial charge on any atom is 0.225 e. The fourth-order valence-corrected chi connectivity index (χ4v) is 0.953. The lowest BCUT2D eigenvalue weighted by Crippen LogP contribution is -2.18. The summed E-state index contributed by atoms with van der Waals surface area (Å²) in [6.07, 6.45) is 0.543. The first-order valence-corrected chi connectivity index (χ1v) is 4.05. The van der Waals surface area contributed by atoms with Crippen LogP contribution in [0, 0.1) is 0 Å². The predicted octanol–water partition coefficient (Wildman–Crippen LogP) is 0.718. The van der Waals surface area contributed by atoms with Crippen molar-refractivity contribution in [2.24, 2.45) is 0 Å². The molecular formula is C9H11N3O2. The molecule has 1 rings (SSSR count). The molecule has 0 spiro atoms. The summed E-state index contributed by atoms with van der Waals surface area (Å²) in [6, 6.07) is 6.94. The summed E-state index contributed by atoms with van der Waals surface area (Å²) in [5.41, 5.74) is 6.41. The molecule has 0 radical (unpaired) electrons. The van der Waals surface area contributed by atoms with E-state index in [2.05, 4.69) is 16.2 Å². The molecule has 0 atom stereocenters. The van der Waals surface area contributed by atoms with Crippen LogP contribution in [0.3, 0.4) is 0 Å². The number of nitrogens with one attached hydrogen (secondary N) is 3. The number of amides is 2. The highest BCUT2D eigenvalue weighted by Crippen LogP contribution is 2.12. The number of hydrogen-bond acceptors (Lipinski definition) is 3. The first-order chi connectivity index (χ1) is 6.72. The van der Waals surface area contributed by atoms with E-state index < -0.39 is 0 Å². The molecule has 0 bridgehead atoms. The van der Waals surface area contributed by atoms with Gasteiger partial charge in [-0.05, 0) is 24.3 Å². The Labute approximate surface area is 81.5 Å². The second kappa shape index (κ2) is 4.86. The van der Waals surface area contributed by atoms with Crippen molar-refractivity contribution in [3.8, 4) is 0 Å². The van der Waals surface area contributed by atoms with Crippen molar-refractivity contribution in [3.63, 3.8) is 0 Å². The minimum Gasteiger partial charge on any atom is -0.326 e. The molecule has 0 unspecified atom stereocenters. The van der Waals surface area contributed by atoms with Crippen LogP contribution < -0.4 is 16.2 Å². The van der Waals surface area contributed by atoms with E-state index in [0.717, 1.165) is 5.69 Å². The highest BCUT2D eigenvalue weighted by molar-refractivity contribution is 5.88. The minimum atomic E-state index is -0.114. The lowest BCUT2D eigenvalue weighted by Gasteiger charge is -2.05. The van der Waals surface area contributed by atoms with Crippen molar-refractivity contribution in [2.45, 2.75) is 6.92 Å². The summed E-state index contributed by atoms with van der Waals surface area (Å²) in [4.78, 5) is 20.6. The third kappa shape index (κ3) is 3.14. The Hall–Kier alpha value is -2.04. The lowest BCUT2D eigenvalue weighted by atomic mass is 10.3. The minimum absolute atomic E-state index is 0.114. The Morgan fingerprint density at radius 3 is 2.29 bits per heavy atom. The number of hydrazine groups is 1. The molecule has 0 heterocycles. The zero-order valence-corrected chi connectivity index (χ0v) is 7.70. The van der Waals surface area contributed by atoms with Gasteiger partial charge in [0.25, 0.3) is 0 Å². The number of rotatable bonds is 4. The Kier molecular flexibility index (Phi) is 3.49. The van der Waals surface area contributed by atoms with Crippen LogP contribution in [-0.2, 0) is 9.59 Å². The highest BCUT2D eigenvalue weighted by Gasteiger charge is 1.94. The van der Waals surface area contributed by atoms with Crippen molar-refractivity contribution >= 4 is 23.7 Å². The number of carbonyl (C=O) groups excluding carboxylic acids is 2. The predicted molar refractivity (Wildman–Crippen MR) is 53.6 cm³/mol. The third-order valence-corrected chi connectivity index (χ3v) is 1.48. The van der Waals surface area contributed by atoms with Gasteiger partial charge in [-0.2, -0.15) is 0 Å². The summed E-state index contributed by atoms with van der Waals surface area (Å²) < 4.78 is 0. The van der Waals surface area contributed by atoms with Gasteiger partial charge in [0.15, 0.2) is 0 Å². The van der Waals surface area contributed by atoms with Gasteiger partial charge in [-0.25, -0.2) is 0 Å². The van der Waals surface area contributed by atoms with Crippen LogP contribution in [0.15, 0.2) is 24.3 Å². The first-order valence-electron chi connectivity index (χ1n) is 4.05. The smallest absolute Gasteiger partial charge is 0.225 e. The second-order valence-electron chi connectivity index (χ2n) is 2.65. The highest BCUT2D eigenvalue weighted by atomic mass is 16.1. The summed E-state index contributed by atoms with van der Waals surface area (Å²) in [5, 5.41) is 2.63.